The van der Waals surface area contributed by atoms with E-state index in [4.69, 9.17) is 14.6 Å². The van der Waals surface area contributed by atoms with Gasteiger partial charge in [-0.2, -0.15) is 0 Å². The molecule has 19 heavy (non-hydrogen) atoms. The van der Waals surface area contributed by atoms with Gasteiger partial charge in [0.2, 0.25) is 0 Å². The minimum atomic E-state index is 0.0224. The van der Waals surface area contributed by atoms with E-state index in [0.29, 0.717) is 11.7 Å². The van der Waals surface area contributed by atoms with Crippen molar-refractivity contribution in [3.63, 3.8) is 0 Å². The molecule has 1 fully saturated rings. The first-order valence-electron chi connectivity index (χ1n) is 7.08. The Hall–Kier alpha value is -1.22. The monoisotopic (exact) mass is 264 g/mol. The Morgan fingerprint density at radius 1 is 1.16 bits per heavy atom. The van der Waals surface area contributed by atoms with Crippen molar-refractivity contribution in [2.24, 2.45) is 11.8 Å². The summed E-state index contributed by atoms with van der Waals surface area (Å²) in [5.41, 5.74) is 0.842. The number of aliphatic hydroxyl groups excluding tert-OH is 1. The molecule has 3 atom stereocenters. The van der Waals surface area contributed by atoms with Gasteiger partial charge in [-0.25, -0.2) is 0 Å². The summed E-state index contributed by atoms with van der Waals surface area (Å²) in [4.78, 5) is 0. The quantitative estimate of drug-likeness (QED) is 0.906. The van der Waals surface area contributed by atoms with E-state index < -0.39 is 0 Å². The van der Waals surface area contributed by atoms with Crippen molar-refractivity contribution in [2.45, 2.75) is 45.8 Å². The third-order valence-electron chi connectivity index (χ3n) is 4.25. The van der Waals surface area contributed by atoms with Gasteiger partial charge < -0.3 is 14.6 Å². The van der Waals surface area contributed by atoms with E-state index in [-0.39, 0.29) is 12.7 Å². The van der Waals surface area contributed by atoms with Crippen LogP contribution in [0.4, 0.5) is 0 Å². The van der Waals surface area contributed by atoms with E-state index in [1.807, 2.05) is 18.2 Å². The molecule has 1 aliphatic carbocycles. The van der Waals surface area contributed by atoms with Crippen molar-refractivity contribution in [1.82, 2.24) is 0 Å². The first-order valence-corrected chi connectivity index (χ1v) is 7.08. The Morgan fingerprint density at radius 2 is 1.95 bits per heavy atom. The summed E-state index contributed by atoms with van der Waals surface area (Å²) < 4.78 is 11.4. The molecule has 0 amide bonds. The summed E-state index contributed by atoms with van der Waals surface area (Å²) in [6.07, 6.45) is 3.71. The highest BCUT2D eigenvalue weighted by molar-refractivity contribution is 5.42. The Bertz CT molecular complexity index is 416. The van der Waals surface area contributed by atoms with Crippen LogP contribution in [0.1, 0.15) is 38.7 Å². The van der Waals surface area contributed by atoms with E-state index in [1.165, 1.54) is 6.42 Å². The van der Waals surface area contributed by atoms with Gasteiger partial charge in [-0.3, -0.25) is 0 Å². The van der Waals surface area contributed by atoms with E-state index in [9.17, 15) is 0 Å². The number of ether oxygens (including phenoxy) is 2. The highest BCUT2D eigenvalue weighted by Crippen LogP contribution is 2.35. The van der Waals surface area contributed by atoms with Crippen LogP contribution in [0, 0.1) is 11.8 Å². The van der Waals surface area contributed by atoms with Crippen molar-refractivity contribution in [3.05, 3.63) is 23.8 Å². The van der Waals surface area contributed by atoms with Crippen molar-refractivity contribution >= 4 is 0 Å². The maximum atomic E-state index is 9.14. The Kier molecular flexibility index (Phi) is 4.70. The number of rotatable bonds is 4. The van der Waals surface area contributed by atoms with Gasteiger partial charge in [0.15, 0.2) is 11.5 Å². The molecule has 0 spiro atoms. The minimum absolute atomic E-state index is 0.0224. The molecule has 1 saturated carbocycles. The van der Waals surface area contributed by atoms with Crippen LogP contribution < -0.4 is 9.47 Å². The van der Waals surface area contributed by atoms with E-state index >= 15 is 0 Å². The maximum absolute atomic E-state index is 9.14. The number of hydrogen-bond donors (Lipinski definition) is 1. The molecule has 3 nitrogen and oxygen atoms in total. The summed E-state index contributed by atoms with van der Waals surface area (Å²) in [6, 6.07) is 5.62. The van der Waals surface area contributed by atoms with Crippen LogP contribution >= 0.6 is 0 Å². The molecule has 3 heteroatoms. The number of methoxy groups -OCH3 is 1. The third-order valence-corrected chi connectivity index (χ3v) is 4.25. The van der Waals surface area contributed by atoms with Gasteiger partial charge in [0.25, 0.3) is 0 Å². The molecule has 0 bridgehead atoms. The molecular formula is C16H24O3. The topological polar surface area (TPSA) is 38.7 Å². The average Bonchev–Trinajstić information content (AvgIpc) is 2.43. The Morgan fingerprint density at radius 3 is 2.58 bits per heavy atom. The Balaban J connectivity index is 2.06. The molecule has 1 aliphatic rings. The smallest absolute Gasteiger partial charge is 0.161 e. The first kappa shape index (κ1) is 14.2. The summed E-state index contributed by atoms with van der Waals surface area (Å²) in [6.45, 7) is 4.64. The van der Waals surface area contributed by atoms with Crippen LogP contribution in [0.3, 0.4) is 0 Å². The highest BCUT2D eigenvalue weighted by atomic mass is 16.5. The Labute approximate surface area is 115 Å². The van der Waals surface area contributed by atoms with Crippen LogP contribution in [-0.4, -0.2) is 18.3 Å². The van der Waals surface area contributed by atoms with Crippen LogP contribution in [0.15, 0.2) is 18.2 Å². The lowest BCUT2D eigenvalue weighted by Crippen LogP contribution is -2.28. The largest absolute Gasteiger partial charge is 0.493 e. The summed E-state index contributed by atoms with van der Waals surface area (Å²) in [5, 5.41) is 9.14. The zero-order valence-electron chi connectivity index (χ0n) is 12.1. The van der Waals surface area contributed by atoms with E-state index in [0.717, 1.165) is 30.1 Å². The van der Waals surface area contributed by atoms with Gasteiger partial charge in [0.05, 0.1) is 19.8 Å². The zero-order valence-corrected chi connectivity index (χ0v) is 12.1. The van der Waals surface area contributed by atoms with Gasteiger partial charge in [-0.1, -0.05) is 19.9 Å². The normalized spacial score (nSPS) is 27.1. The number of aliphatic hydroxyl groups is 1. The first-order chi connectivity index (χ1) is 9.13. The maximum Gasteiger partial charge on any atom is 0.161 e. The van der Waals surface area contributed by atoms with Crippen LogP contribution in [-0.2, 0) is 6.61 Å². The van der Waals surface area contributed by atoms with Gasteiger partial charge in [-0.15, -0.1) is 0 Å². The lowest BCUT2D eigenvalue weighted by molar-refractivity contribution is 0.0976. The molecule has 1 aromatic carbocycles. The summed E-state index contributed by atoms with van der Waals surface area (Å²) in [5.74, 6) is 2.99. The van der Waals surface area contributed by atoms with Gasteiger partial charge in [0, 0.05) is 0 Å². The molecule has 1 aromatic rings. The standard InChI is InChI=1S/C16H24O3/c1-11-4-6-14(8-12(11)2)19-15-7-5-13(10-17)9-16(15)18-3/h5,7,9,11-12,14,17H,4,6,8,10H2,1-3H3. The number of hydrogen-bond acceptors (Lipinski definition) is 3. The second kappa shape index (κ2) is 6.29. The van der Waals surface area contributed by atoms with Crippen molar-refractivity contribution in [2.75, 3.05) is 7.11 Å². The molecule has 0 aliphatic heterocycles. The van der Waals surface area contributed by atoms with Crippen LogP contribution in [0.5, 0.6) is 11.5 Å². The predicted molar refractivity (Wildman–Crippen MR) is 75.5 cm³/mol. The van der Waals surface area contributed by atoms with Gasteiger partial charge >= 0.3 is 0 Å². The SMILES string of the molecule is COc1cc(CO)ccc1OC1CCC(C)C(C)C1. The summed E-state index contributed by atoms with van der Waals surface area (Å²) in [7, 11) is 1.63. The lowest BCUT2D eigenvalue weighted by atomic mass is 9.80. The van der Waals surface area contributed by atoms with Crippen LogP contribution in [0.25, 0.3) is 0 Å². The second-order valence-electron chi connectivity index (χ2n) is 5.65. The minimum Gasteiger partial charge on any atom is -0.493 e. The van der Waals surface area contributed by atoms with Crippen molar-refractivity contribution in [3.8, 4) is 11.5 Å². The highest BCUT2D eigenvalue weighted by Gasteiger charge is 2.26. The molecule has 0 saturated heterocycles. The molecule has 3 unspecified atom stereocenters. The fourth-order valence-corrected chi connectivity index (χ4v) is 2.69. The molecular weight excluding hydrogens is 240 g/mol. The predicted octanol–water partition coefficient (Wildman–Crippen LogP) is 3.39. The molecule has 2 rings (SSSR count). The lowest BCUT2D eigenvalue weighted by Gasteiger charge is -2.32. The van der Waals surface area contributed by atoms with Gasteiger partial charge in [0.1, 0.15) is 0 Å². The molecule has 0 heterocycles. The molecule has 1 N–H and O–H groups in total. The van der Waals surface area contributed by atoms with Crippen molar-refractivity contribution < 1.29 is 14.6 Å². The zero-order chi connectivity index (χ0) is 13.8. The van der Waals surface area contributed by atoms with Crippen LogP contribution in [0.2, 0.25) is 0 Å². The van der Waals surface area contributed by atoms with Crippen molar-refractivity contribution in [1.29, 1.82) is 0 Å². The van der Waals surface area contributed by atoms with Gasteiger partial charge in [-0.05, 0) is 48.8 Å². The second-order valence-corrected chi connectivity index (χ2v) is 5.65. The summed E-state index contributed by atoms with van der Waals surface area (Å²) >= 11 is 0. The molecule has 0 radical (unpaired) electrons. The molecule has 0 aromatic heterocycles. The fourth-order valence-electron chi connectivity index (χ4n) is 2.69. The fraction of sp³-hybridized carbons (Fsp3) is 0.625. The number of benzene rings is 1. The van der Waals surface area contributed by atoms with E-state index in [2.05, 4.69) is 13.8 Å². The van der Waals surface area contributed by atoms with E-state index in [1.54, 1.807) is 7.11 Å². The average molecular weight is 264 g/mol. The molecule has 106 valence electrons. The third kappa shape index (κ3) is 3.41.